The first-order valence-corrected chi connectivity index (χ1v) is 8.36. The number of piperidine rings is 1. The van der Waals surface area contributed by atoms with Crippen LogP contribution in [0.2, 0.25) is 0 Å². The highest BCUT2D eigenvalue weighted by Crippen LogP contribution is 2.24. The highest BCUT2D eigenvalue weighted by molar-refractivity contribution is 4.80. The van der Waals surface area contributed by atoms with Crippen LogP contribution in [-0.4, -0.2) is 60.3 Å². The van der Waals surface area contributed by atoms with Crippen molar-refractivity contribution in [3.8, 4) is 0 Å². The lowest BCUT2D eigenvalue weighted by Crippen LogP contribution is -2.43. The van der Waals surface area contributed by atoms with Crippen molar-refractivity contribution >= 4 is 0 Å². The fourth-order valence-electron chi connectivity index (χ4n) is 3.88. The van der Waals surface area contributed by atoms with Crippen molar-refractivity contribution in [1.29, 1.82) is 0 Å². The second kappa shape index (κ2) is 8.23. The van der Waals surface area contributed by atoms with Crippen molar-refractivity contribution in [2.24, 2.45) is 0 Å². The molecule has 0 spiro atoms. The number of nitrogens with zero attached hydrogens (tertiary/aromatic N) is 2. The Kier molecular flexibility index (Phi) is 6.62. The molecule has 1 saturated heterocycles. The van der Waals surface area contributed by atoms with Gasteiger partial charge >= 0.3 is 0 Å². The van der Waals surface area contributed by atoms with Gasteiger partial charge in [-0.25, -0.2) is 0 Å². The molecule has 3 heteroatoms. The lowest BCUT2D eigenvalue weighted by Gasteiger charge is -2.37. The molecule has 2 rings (SSSR count). The highest BCUT2D eigenvalue weighted by Gasteiger charge is 2.23. The molecular weight excluding hydrogens is 236 g/mol. The molecule has 1 aliphatic carbocycles. The Morgan fingerprint density at radius 1 is 1.00 bits per heavy atom. The van der Waals surface area contributed by atoms with Gasteiger partial charge in [0.2, 0.25) is 0 Å². The molecule has 0 bridgehead atoms. The van der Waals surface area contributed by atoms with Gasteiger partial charge in [-0.15, -0.1) is 0 Å². The predicted octanol–water partition coefficient (Wildman–Crippen LogP) is 2.49. The summed E-state index contributed by atoms with van der Waals surface area (Å²) in [6.07, 6.45) is 12.3. The van der Waals surface area contributed by atoms with E-state index in [1.165, 1.54) is 70.9 Å². The van der Waals surface area contributed by atoms with Gasteiger partial charge in [-0.05, 0) is 45.7 Å². The largest absolute Gasteiger partial charge is 0.395 e. The lowest BCUT2D eigenvalue weighted by molar-refractivity contribution is 0.0997. The first kappa shape index (κ1) is 15.3. The van der Waals surface area contributed by atoms with Gasteiger partial charge in [-0.3, -0.25) is 4.90 Å². The molecule has 2 aliphatic rings. The van der Waals surface area contributed by atoms with E-state index >= 15 is 0 Å². The SMILES string of the molecule is CN1CCCCC1CCN(CCO)C1CCCCC1. The van der Waals surface area contributed by atoms with E-state index < -0.39 is 0 Å². The number of rotatable bonds is 6. The molecule has 1 atom stereocenters. The van der Waals surface area contributed by atoms with Gasteiger partial charge in [-0.2, -0.15) is 0 Å². The molecule has 0 radical (unpaired) electrons. The summed E-state index contributed by atoms with van der Waals surface area (Å²) in [6, 6.07) is 1.52. The second-order valence-corrected chi connectivity index (χ2v) is 6.47. The van der Waals surface area contributed by atoms with E-state index in [-0.39, 0.29) is 0 Å². The topological polar surface area (TPSA) is 26.7 Å². The van der Waals surface area contributed by atoms with Gasteiger partial charge in [0, 0.05) is 25.2 Å². The van der Waals surface area contributed by atoms with Crippen molar-refractivity contribution in [2.75, 3.05) is 33.3 Å². The molecule has 0 amide bonds. The van der Waals surface area contributed by atoms with Gasteiger partial charge in [0.15, 0.2) is 0 Å². The zero-order chi connectivity index (χ0) is 13.5. The number of hydrogen-bond acceptors (Lipinski definition) is 3. The summed E-state index contributed by atoms with van der Waals surface area (Å²) in [5, 5.41) is 9.30. The van der Waals surface area contributed by atoms with Gasteiger partial charge in [0.1, 0.15) is 0 Å². The summed E-state index contributed by atoms with van der Waals surface area (Å²) in [7, 11) is 2.28. The summed E-state index contributed by atoms with van der Waals surface area (Å²) in [5.41, 5.74) is 0. The summed E-state index contributed by atoms with van der Waals surface area (Å²) < 4.78 is 0. The predicted molar refractivity (Wildman–Crippen MR) is 80.4 cm³/mol. The van der Waals surface area contributed by atoms with Gasteiger partial charge < -0.3 is 10.0 Å². The van der Waals surface area contributed by atoms with E-state index in [0.717, 1.165) is 18.6 Å². The van der Waals surface area contributed by atoms with Crippen LogP contribution in [0, 0.1) is 0 Å². The maximum absolute atomic E-state index is 9.30. The molecular formula is C16H32N2O. The van der Waals surface area contributed by atoms with Crippen LogP contribution < -0.4 is 0 Å². The van der Waals surface area contributed by atoms with Gasteiger partial charge in [0.05, 0.1) is 6.61 Å². The van der Waals surface area contributed by atoms with Crippen LogP contribution in [0.1, 0.15) is 57.8 Å². The summed E-state index contributed by atoms with van der Waals surface area (Å²) in [4.78, 5) is 5.11. The van der Waals surface area contributed by atoms with Crippen molar-refractivity contribution < 1.29 is 5.11 Å². The van der Waals surface area contributed by atoms with Crippen molar-refractivity contribution in [1.82, 2.24) is 9.80 Å². The van der Waals surface area contributed by atoms with Crippen molar-refractivity contribution in [3.63, 3.8) is 0 Å². The minimum absolute atomic E-state index is 0.316. The smallest absolute Gasteiger partial charge is 0.0558 e. The third-order valence-corrected chi connectivity index (χ3v) is 5.15. The van der Waals surface area contributed by atoms with E-state index in [4.69, 9.17) is 0 Å². The summed E-state index contributed by atoms with van der Waals surface area (Å²) >= 11 is 0. The average molecular weight is 268 g/mol. The Bertz CT molecular complexity index is 241. The summed E-state index contributed by atoms with van der Waals surface area (Å²) in [5.74, 6) is 0. The van der Waals surface area contributed by atoms with Crippen LogP contribution in [0.3, 0.4) is 0 Å². The molecule has 1 aliphatic heterocycles. The molecule has 19 heavy (non-hydrogen) atoms. The highest BCUT2D eigenvalue weighted by atomic mass is 16.3. The minimum Gasteiger partial charge on any atom is -0.395 e. The molecule has 3 nitrogen and oxygen atoms in total. The third-order valence-electron chi connectivity index (χ3n) is 5.15. The zero-order valence-electron chi connectivity index (χ0n) is 12.7. The molecule has 2 fully saturated rings. The molecule has 1 N–H and O–H groups in total. The van der Waals surface area contributed by atoms with Crippen LogP contribution >= 0.6 is 0 Å². The standard InChI is InChI=1S/C16H32N2O/c1-17-11-6-5-7-15(17)10-12-18(13-14-19)16-8-3-2-4-9-16/h15-16,19H,2-14H2,1H3. The van der Waals surface area contributed by atoms with E-state index in [1.54, 1.807) is 0 Å². The van der Waals surface area contributed by atoms with Crippen molar-refractivity contribution in [3.05, 3.63) is 0 Å². The molecule has 112 valence electrons. The van der Waals surface area contributed by atoms with Crippen LogP contribution in [-0.2, 0) is 0 Å². The monoisotopic (exact) mass is 268 g/mol. The molecule has 1 heterocycles. The Morgan fingerprint density at radius 3 is 2.42 bits per heavy atom. The van der Waals surface area contributed by atoms with E-state index in [2.05, 4.69) is 16.8 Å². The number of aliphatic hydroxyl groups excluding tert-OH is 1. The van der Waals surface area contributed by atoms with E-state index in [9.17, 15) is 5.11 Å². The normalized spacial score (nSPS) is 27.0. The van der Waals surface area contributed by atoms with Crippen LogP contribution in [0.15, 0.2) is 0 Å². The van der Waals surface area contributed by atoms with Crippen molar-refractivity contribution in [2.45, 2.75) is 69.9 Å². The molecule has 1 saturated carbocycles. The quantitative estimate of drug-likeness (QED) is 0.802. The fourth-order valence-corrected chi connectivity index (χ4v) is 3.88. The minimum atomic E-state index is 0.316. The molecule has 0 aromatic rings. The average Bonchev–Trinajstić information content (AvgIpc) is 2.46. The van der Waals surface area contributed by atoms with E-state index in [1.807, 2.05) is 0 Å². The van der Waals surface area contributed by atoms with Gasteiger partial charge in [-0.1, -0.05) is 25.7 Å². The second-order valence-electron chi connectivity index (χ2n) is 6.47. The van der Waals surface area contributed by atoms with Crippen LogP contribution in [0.25, 0.3) is 0 Å². The van der Waals surface area contributed by atoms with Crippen LogP contribution in [0.4, 0.5) is 0 Å². The lowest BCUT2D eigenvalue weighted by atomic mass is 9.93. The Morgan fingerprint density at radius 2 is 1.74 bits per heavy atom. The maximum atomic E-state index is 9.30. The Balaban J connectivity index is 1.78. The number of aliphatic hydroxyl groups is 1. The van der Waals surface area contributed by atoms with Gasteiger partial charge in [0.25, 0.3) is 0 Å². The molecule has 0 aromatic heterocycles. The Hall–Kier alpha value is -0.120. The zero-order valence-corrected chi connectivity index (χ0v) is 12.7. The first-order chi connectivity index (χ1) is 9.31. The number of hydrogen-bond donors (Lipinski definition) is 1. The number of likely N-dealkylation sites (tertiary alicyclic amines) is 1. The maximum Gasteiger partial charge on any atom is 0.0558 e. The van der Waals surface area contributed by atoms with E-state index in [0.29, 0.717) is 6.61 Å². The first-order valence-electron chi connectivity index (χ1n) is 8.36. The molecule has 0 aromatic carbocycles. The summed E-state index contributed by atoms with van der Waals surface area (Å²) in [6.45, 7) is 3.65. The molecule has 1 unspecified atom stereocenters. The third kappa shape index (κ3) is 4.73. The Labute approximate surface area is 119 Å². The fraction of sp³-hybridized carbons (Fsp3) is 1.00. The van der Waals surface area contributed by atoms with Crippen LogP contribution in [0.5, 0.6) is 0 Å².